The molecule has 0 aromatic heterocycles. The van der Waals surface area contributed by atoms with Gasteiger partial charge >= 0.3 is 0 Å². The summed E-state index contributed by atoms with van der Waals surface area (Å²) in [6.07, 6.45) is 57.5. The van der Waals surface area contributed by atoms with Gasteiger partial charge in [0.2, 0.25) is 10.2 Å². The third-order valence-corrected chi connectivity index (χ3v) is 13.5. The van der Waals surface area contributed by atoms with Crippen LogP contribution in [0.15, 0.2) is 109 Å². The average Bonchev–Trinajstić information content (AvgIpc) is 3.34. The van der Waals surface area contributed by atoms with Crippen LogP contribution in [0.4, 0.5) is 0 Å². The highest BCUT2D eigenvalue weighted by Gasteiger charge is 2.18. The minimum absolute atomic E-state index is 0.177. The summed E-state index contributed by atoms with van der Waals surface area (Å²) in [7, 11) is 0. The van der Waals surface area contributed by atoms with Gasteiger partial charge in [0, 0.05) is 56.3 Å². The van der Waals surface area contributed by atoms with Crippen LogP contribution >= 0.6 is 23.5 Å². The van der Waals surface area contributed by atoms with E-state index in [1.54, 1.807) is 6.92 Å². The normalized spacial score (nSPS) is 14.8. The molecule has 0 bridgehead atoms. The molecule has 10 heteroatoms. The fourth-order valence-electron chi connectivity index (χ4n) is 7.56. The third kappa shape index (κ3) is 48.2. The monoisotopic (exact) mass is 1020 g/mol. The number of carbonyl (C=O) groups is 2. The Bertz CT molecular complexity index is 1450. The van der Waals surface area contributed by atoms with E-state index in [1.807, 2.05) is 34.1 Å². The van der Waals surface area contributed by atoms with E-state index in [0.717, 1.165) is 74.9 Å². The second-order valence-electron chi connectivity index (χ2n) is 18.9. The zero-order valence-corrected chi connectivity index (χ0v) is 47.2. The zero-order chi connectivity index (χ0) is 52.3. The highest BCUT2D eigenvalue weighted by atomic mass is 32.2. The number of aliphatic hydroxyl groups excluding tert-OH is 4. The lowest BCUT2D eigenvalue weighted by Crippen LogP contribution is -2.39. The molecule has 4 atom stereocenters. The molecule has 0 amide bonds. The molecule has 0 aromatic carbocycles. The smallest absolute Gasteiger partial charge is 0.215 e. The van der Waals surface area contributed by atoms with Crippen LogP contribution in [0.25, 0.3) is 0 Å². The maximum atomic E-state index is 13.2. The summed E-state index contributed by atoms with van der Waals surface area (Å²) >= 11 is 2.28. The lowest BCUT2D eigenvalue weighted by molar-refractivity contribution is -0.109. The summed E-state index contributed by atoms with van der Waals surface area (Å²) in [6.45, 7) is 13.0. The zero-order valence-electron chi connectivity index (χ0n) is 45.6. The van der Waals surface area contributed by atoms with Gasteiger partial charge in [-0.05, 0) is 116 Å². The minimum Gasteiger partial charge on any atom is -0.391 e. The number of nitrogens with zero attached hydrogens (tertiary/aromatic N) is 2. The van der Waals surface area contributed by atoms with Gasteiger partial charge in [-0.3, -0.25) is 19.4 Å². The van der Waals surface area contributed by atoms with E-state index in [4.69, 9.17) is 0 Å². The molecule has 0 saturated carbocycles. The number of hydrogen-bond acceptors (Lipinski definition) is 10. The van der Waals surface area contributed by atoms with Gasteiger partial charge in [-0.15, -0.1) is 0 Å². The number of hydrogen-bond donors (Lipinski definition) is 4. The van der Waals surface area contributed by atoms with E-state index >= 15 is 0 Å². The van der Waals surface area contributed by atoms with E-state index in [0.29, 0.717) is 82.0 Å². The van der Waals surface area contributed by atoms with E-state index in [9.17, 15) is 30.0 Å². The molecule has 0 fully saturated rings. The Labute approximate surface area is 444 Å². The first-order valence-electron chi connectivity index (χ1n) is 27.9. The van der Waals surface area contributed by atoms with Crippen molar-refractivity contribution < 1.29 is 30.0 Å². The van der Waals surface area contributed by atoms with Gasteiger partial charge in [0.05, 0.1) is 24.4 Å². The van der Waals surface area contributed by atoms with Gasteiger partial charge in [0.15, 0.2) is 0 Å². The van der Waals surface area contributed by atoms with Gasteiger partial charge in [-0.25, -0.2) is 0 Å². The Balaban J connectivity index is 5.40. The van der Waals surface area contributed by atoms with Gasteiger partial charge < -0.3 is 20.4 Å². The highest BCUT2D eigenvalue weighted by Crippen LogP contribution is 2.16. The number of aliphatic hydroxyl groups is 4. The number of thioether (sulfide) groups is 2. The van der Waals surface area contributed by atoms with Crippen molar-refractivity contribution in [1.29, 1.82) is 0 Å². The molecule has 4 N–H and O–H groups in total. The quantitative estimate of drug-likeness (QED) is 0.0266. The third-order valence-electron chi connectivity index (χ3n) is 11.8. The Hall–Kier alpha value is -2.54. The molecular weight excluding hydrogens is 921 g/mol. The largest absolute Gasteiger partial charge is 0.391 e. The summed E-state index contributed by atoms with van der Waals surface area (Å²) in [5, 5.41) is 43.5. The summed E-state index contributed by atoms with van der Waals surface area (Å²) in [4.78, 5) is 30.4. The van der Waals surface area contributed by atoms with E-state index in [1.165, 1.54) is 83.1 Å². The van der Waals surface area contributed by atoms with Crippen LogP contribution in [-0.4, -0.2) is 116 Å². The highest BCUT2D eigenvalue weighted by molar-refractivity contribution is 8.14. The molecule has 0 aliphatic heterocycles. The molecule has 0 aliphatic carbocycles. The summed E-state index contributed by atoms with van der Waals surface area (Å²) in [6, 6.07) is 0. The van der Waals surface area contributed by atoms with Crippen LogP contribution in [-0.2, 0) is 9.59 Å². The molecule has 406 valence electrons. The number of unbranched alkanes of at least 4 members (excludes halogenated alkanes) is 12. The van der Waals surface area contributed by atoms with Gasteiger partial charge in [0.1, 0.15) is 0 Å². The molecule has 0 aliphatic rings. The number of carbonyl (C=O) groups excluding carboxylic acids is 2. The van der Waals surface area contributed by atoms with Crippen molar-refractivity contribution in [3.8, 4) is 0 Å². The molecule has 4 unspecified atom stereocenters. The molecule has 0 spiro atoms. The standard InChI is InChI=1S/C61H104N2O6S2/c1-6-10-14-18-22-26-30-34-38-42-56(64)51-62(52-57(65)43-39-35-31-27-23-19-15-11-7-2)46-48-70-60(68)50-55(5)61(69)71-49-47-63(53-58(66)44-40-36-32-28-24-20-16-12-8-3)54-59(67)45-41-37-33-29-25-21-17-13-9-4/h22-29,34-41,50,56-59,64-67H,6-21,30-33,42-49,51-54H2,1-5H3/b26-22-,27-23-,28-24-,29-25-,38-34-,39-35-,40-36-,41-37-,55-50+. The fraction of sp³-hybridized carbons (Fsp3) is 0.672. The lowest BCUT2D eigenvalue weighted by atomic mass is 10.1. The number of rotatable bonds is 48. The Morgan fingerprint density at radius 2 is 0.690 bits per heavy atom. The summed E-state index contributed by atoms with van der Waals surface area (Å²) in [5.41, 5.74) is 0.376. The second kappa shape index (κ2) is 52.3. The molecule has 0 radical (unpaired) electrons. The van der Waals surface area contributed by atoms with E-state index in [2.05, 4.69) is 101 Å². The van der Waals surface area contributed by atoms with Crippen LogP contribution in [0.1, 0.15) is 189 Å². The molecule has 0 saturated heterocycles. The predicted molar refractivity (Wildman–Crippen MR) is 312 cm³/mol. The molecule has 71 heavy (non-hydrogen) atoms. The molecule has 8 nitrogen and oxygen atoms in total. The summed E-state index contributed by atoms with van der Waals surface area (Å²) in [5.74, 6) is 0.911. The Kier molecular flexibility index (Phi) is 50.5. The van der Waals surface area contributed by atoms with Crippen molar-refractivity contribution in [2.24, 2.45) is 0 Å². The maximum absolute atomic E-state index is 13.2. The number of allylic oxidation sites excluding steroid dienone is 12. The fourth-order valence-corrected chi connectivity index (χ4v) is 9.19. The molecular formula is C61H104N2O6S2. The predicted octanol–water partition coefficient (Wildman–Crippen LogP) is 14.4. The van der Waals surface area contributed by atoms with Crippen molar-refractivity contribution in [2.75, 3.05) is 50.8 Å². The first kappa shape index (κ1) is 68.5. The minimum atomic E-state index is -0.608. The van der Waals surface area contributed by atoms with Gasteiger partial charge in [-0.2, -0.15) is 0 Å². The first-order valence-corrected chi connectivity index (χ1v) is 29.9. The van der Waals surface area contributed by atoms with Crippen molar-refractivity contribution in [1.82, 2.24) is 9.80 Å². The van der Waals surface area contributed by atoms with Crippen molar-refractivity contribution in [3.05, 3.63) is 109 Å². The van der Waals surface area contributed by atoms with E-state index < -0.39 is 24.4 Å². The topological polar surface area (TPSA) is 122 Å². The second-order valence-corrected chi connectivity index (χ2v) is 21.1. The SMILES string of the molecule is CCCCC/C=C\C/C=C\CC(O)CN(CCSC(=O)/C=C(\C)C(=O)SCCN(CC(O)C/C=C\C/C=C\CCCCC)CC(O)C/C=C\C/C=C\CCCCC)CC(O)C/C=C\C/C=C\CCCCC. The summed E-state index contributed by atoms with van der Waals surface area (Å²) < 4.78 is 0. The van der Waals surface area contributed by atoms with Gasteiger partial charge in [0.25, 0.3) is 0 Å². The van der Waals surface area contributed by atoms with Crippen molar-refractivity contribution in [3.63, 3.8) is 0 Å². The van der Waals surface area contributed by atoms with Crippen LogP contribution in [0.2, 0.25) is 0 Å². The van der Waals surface area contributed by atoms with Crippen LogP contribution in [0.5, 0.6) is 0 Å². The molecule has 0 aromatic rings. The van der Waals surface area contributed by atoms with Crippen LogP contribution in [0.3, 0.4) is 0 Å². The van der Waals surface area contributed by atoms with Crippen molar-refractivity contribution in [2.45, 2.75) is 213 Å². The van der Waals surface area contributed by atoms with Crippen molar-refractivity contribution >= 4 is 33.8 Å². The van der Waals surface area contributed by atoms with Crippen LogP contribution < -0.4 is 0 Å². The molecule has 0 rings (SSSR count). The Morgan fingerprint density at radius 1 is 0.408 bits per heavy atom. The van der Waals surface area contributed by atoms with Gasteiger partial charge in [-0.1, -0.05) is 200 Å². The Morgan fingerprint density at radius 3 is 0.986 bits per heavy atom. The molecule has 0 heterocycles. The first-order chi connectivity index (χ1) is 34.6. The lowest BCUT2D eigenvalue weighted by Gasteiger charge is -2.26. The average molecular weight is 1030 g/mol. The maximum Gasteiger partial charge on any atom is 0.215 e. The van der Waals surface area contributed by atoms with Crippen LogP contribution in [0, 0.1) is 0 Å². The van der Waals surface area contributed by atoms with E-state index in [-0.39, 0.29) is 10.2 Å².